The molecule has 1 N–H and O–H groups in total. The Morgan fingerprint density at radius 1 is 1.60 bits per heavy atom. The normalized spacial score (nSPS) is 14.5. The van der Waals surface area contributed by atoms with Crippen molar-refractivity contribution in [3.05, 3.63) is 18.5 Å². The van der Waals surface area contributed by atoms with Gasteiger partial charge in [0.15, 0.2) is 0 Å². The van der Waals surface area contributed by atoms with Crippen LogP contribution in [-0.2, 0) is 17.1 Å². The van der Waals surface area contributed by atoms with Gasteiger partial charge >= 0.3 is 0 Å². The van der Waals surface area contributed by atoms with Gasteiger partial charge in [0, 0.05) is 32.5 Å². The number of aliphatic hydroxyl groups excluding tert-OH is 1. The van der Waals surface area contributed by atoms with Gasteiger partial charge in [0.25, 0.3) is 0 Å². The van der Waals surface area contributed by atoms with E-state index in [0.717, 1.165) is 0 Å². The maximum atomic E-state index is 11.9. The van der Waals surface area contributed by atoms with Crippen LogP contribution in [0.4, 0.5) is 0 Å². The van der Waals surface area contributed by atoms with Crippen LogP contribution in [0.3, 0.4) is 0 Å². The molecule has 0 aromatic carbocycles. The summed E-state index contributed by atoms with van der Waals surface area (Å²) in [7, 11) is -0.257. The molecule has 1 aromatic heterocycles. The molecule has 5 nitrogen and oxygen atoms in total. The van der Waals surface area contributed by atoms with Crippen LogP contribution >= 0.6 is 0 Å². The molecule has 0 radical (unpaired) electrons. The van der Waals surface area contributed by atoms with Crippen molar-refractivity contribution in [3.63, 3.8) is 0 Å². The highest BCUT2D eigenvalue weighted by atomic mass is 32.2. The van der Waals surface area contributed by atoms with Crippen LogP contribution < -0.4 is 0 Å². The van der Waals surface area contributed by atoms with Crippen molar-refractivity contribution in [1.82, 2.24) is 8.87 Å². The maximum Gasteiger partial charge on any atom is 0.244 e. The van der Waals surface area contributed by atoms with Crippen LogP contribution in [0.1, 0.15) is 6.92 Å². The van der Waals surface area contributed by atoms with Gasteiger partial charge in [-0.15, -0.1) is 0 Å². The van der Waals surface area contributed by atoms with Gasteiger partial charge in [-0.3, -0.25) is 0 Å². The summed E-state index contributed by atoms with van der Waals surface area (Å²) >= 11 is 0. The van der Waals surface area contributed by atoms with Crippen LogP contribution in [0.15, 0.2) is 23.4 Å². The number of rotatable bonds is 4. The largest absolute Gasteiger partial charge is 0.395 e. The predicted octanol–water partition coefficient (Wildman–Crippen LogP) is 0.0264. The fourth-order valence-electron chi connectivity index (χ4n) is 1.15. The zero-order valence-electron chi connectivity index (χ0n) is 9.08. The molecular weight excluding hydrogens is 216 g/mol. The standard InChI is InChI=1S/C9H16N2O3S/c1-8(7-12)11(3)15(13,14)9-4-5-10(2)6-9/h4-6,8,12H,7H2,1-3H3. The lowest BCUT2D eigenvalue weighted by atomic mass is 10.4. The summed E-state index contributed by atoms with van der Waals surface area (Å²) in [4.78, 5) is 0.243. The Hall–Kier alpha value is -0.850. The molecule has 0 spiro atoms. The van der Waals surface area contributed by atoms with E-state index in [1.54, 1.807) is 24.7 Å². The highest BCUT2D eigenvalue weighted by molar-refractivity contribution is 7.89. The minimum atomic E-state index is -3.48. The minimum Gasteiger partial charge on any atom is -0.395 e. The maximum absolute atomic E-state index is 11.9. The van der Waals surface area contributed by atoms with Crippen LogP contribution in [0.2, 0.25) is 0 Å². The molecule has 0 bridgehead atoms. The molecule has 15 heavy (non-hydrogen) atoms. The van der Waals surface area contributed by atoms with E-state index in [9.17, 15) is 8.42 Å². The molecule has 6 heteroatoms. The van der Waals surface area contributed by atoms with E-state index in [-0.39, 0.29) is 11.5 Å². The molecule has 0 saturated carbocycles. The molecular formula is C9H16N2O3S. The van der Waals surface area contributed by atoms with Crippen molar-refractivity contribution in [1.29, 1.82) is 0 Å². The quantitative estimate of drug-likeness (QED) is 0.796. The second kappa shape index (κ2) is 4.34. The van der Waals surface area contributed by atoms with Gasteiger partial charge in [-0.1, -0.05) is 0 Å². The van der Waals surface area contributed by atoms with Crippen LogP contribution in [0.25, 0.3) is 0 Å². The Balaban J connectivity index is 3.03. The fraction of sp³-hybridized carbons (Fsp3) is 0.556. The van der Waals surface area contributed by atoms with Gasteiger partial charge in [0.1, 0.15) is 0 Å². The third kappa shape index (κ3) is 2.39. The van der Waals surface area contributed by atoms with Crippen molar-refractivity contribution in [2.24, 2.45) is 7.05 Å². The van der Waals surface area contributed by atoms with Crippen molar-refractivity contribution in [2.45, 2.75) is 17.9 Å². The van der Waals surface area contributed by atoms with E-state index in [2.05, 4.69) is 0 Å². The minimum absolute atomic E-state index is 0.192. The number of nitrogens with zero attached hydrogens (tertiary/aromatic N) is 2. The number of hydrogen-bond acceptors (Lipinski definition) is 3. The van der Waals surface area contributed by atoms with Crippen molar-refractivity contribution in [2.75, 3.05) is 13.7 Å². The summed E-state index contributed by atoms with van der Waals surface area (Å²) in [6.07, 6.45) is 3.21. The Morgan fingerprint density at radius 3 is 2.60 bits per heavy atom. The molecule has 0 aliphatic rings. The third-order valence-electron chi connectivity index (χ3n) is 2.37. The second-order valence-electron chi connectivity index (χ2n) is 3.57. The average molecular weight is 232 g/mol. The van der Waals surface area contributed by atoms with Gasteiger partial charge in [0.05, 0.1) is 11.5 Å². The highest BCUT2D eigenvalue weighted by Crippen LogP contribution is 2.16. The molecule has 0 aliphatic heterocycles. The Bertz CT molecular complexity index is 424. The van der Waals surface area contributed by atoms with E-state index in [0.29, 0.717) is 0 Å². The molecule has 1 rings (SSSR count). The topological polar surface area (TPSA) is 62.5 Å². The lowest BCUT2D eigenvalue weighted by Gasteiger charge is -2.21. The number of hydrogen-bond donors (Lipinski definition) is 1. The van der Waals surface area contributed by atoms with Crippen molar-refractivity contribution >= 4 is 10.0 Å². The fourth-order valence-corrected chi connectivity index (χ4v) is 2.55. The SMILES string of the molecule is CC(CO)N(C)S(=O)(=O)c1ccn(C)c1. The summed E-state index contributed by atoms with van der Waals surface area (Å²) in [6, 6.07) is 1.12. The van der Waals surface area contributed by atoms with E-state index in [1.165, 1.54) is 23.6 Å². The van der Waals surface area contributed by atoms with Gasteiger partial charge in [-0.05, 0) is 13.0 Å². The number of aliphatic hydroxyl groups is 1. The number of aromatic nitrogens is 1. The van der Waals surface area contributed by atoms with Gasteiger partial charge < -0.3 is 9.67 Å². The highest BCUT2D eigenvalue weighted by Gasteiger charge is 2.25. The van der Waals surface area contributed by atoms with E-state index in [4.69, 9.17) is 5.11 Å². The summed E-state index contributed by atoms with van der Waals surface area (Å²) in [5, 5.41) is 8.91. The Kier molecular flexibility index (Phi) is 3.54. The first-order valence-corrected chi connectivity index (χ1v) is 6.04. The van der Waals surface area contributed by atoms with Gasteiger partial charge in [-0.25, -0.2) is 8.42 Å². The first-order chi connectivity index (χ1) is 6.89. The van der Waals surface area contributed by atoms with Crippen LogP contribution in [-0.4, -0.2) is 42.1 Å². The monoisotopic (exact) mass is 232 g/mol. The first kappa shape index (κ1) is 12.2. The number of likely N-dealkylation sites (N-methyl/N-ethyl adjacent to an activating group) is 1. The van der Waals surface area contributed by atoms with E-state index in [1.807, 2.05) is 0 Å². The van der Waals surface area contributed by atoms with E-state index < -0.39 is 16.1 Å². The summed E-state index contributed by atoms with van der Waals surface area (Å²) < 4.78 is 26.7. The zero-order chi connectivity index (χ0) is 11.6. The molecule has 86 valence electrons. The number of sulfonamides is 1. The van der Waals surface area contributed by atoms with Crippen molar-refractivity contribution in [3.8, 4) is 0 Å². The molecule has 1 aromatic rings. The Labute approximate surface area is 90.0 Å². The smallest absolute Gasteiger partial charge is 0.244 e. The lowest BCUT2D eigenvalue weighted by molar-refractivity contribution is 0.214. The summed E-state index contributed by atoms with van der Waals surface area (Å²) in [5.41, 5.74) is 0. The predicted molar refractivity (Wildman–Crippen MR) is 56.9 cm³/mol. The Morgan fingerprint density at radius 2 is 2.20 bits per heavy atom. The van der Waals surface area contributed by atoms with Gasteiger partial charge in [-0.2, -0.15) is 4.31 Å². The molecule has 0 saturated heterocycles. The van der Waals surface area contributed by atoms with Crippen LogP contribution in [0.5, 0.6) is 0 Å². The summed E-state index contributed by atoms with van der Waals surface area (Å²) in [6.45, 7) is 1.46. The molecule has 0 aliphatic carbocycles. The van der Waals surface area contributed by atoms with Crippen molar-refractivity contribution < 1.29 is 13.5 Å². The molecule has 1 atom stereocenters. The molecule has 1 heterocycles. The third-order valence-corrected chi connectivity index (χ3v) is 4.32. The van der Waals surface area contributed by atoms with Crippen LogP contribution in [0, 0.1) is 0 Å². The van der Waals surface area contributed by atoms with Gasteiger partial charge in [0.2, 0.25) is 10.0 Å². The number of aryl methyl sites for hydroxylation is 1. The molecule has 1 unspecified atom stereocenters. The molecule has 0 fully saturated rings. The second-order valence-corrected chi connectivity index (χ2v) is 5.56. The lowest BCUT2D eigenvalue weighted by Crippen LogP contribution is -2.37. The first-order valence-electron chi connectivity index (χ1n) is 4.60. The average Bonchev–Trinajstić information content (AvgIpc) is 2.63. The van der Waals surface area contributed by atoms with E-state index >= 15 is 0 Å². The molecule has 0 amide bonds. The zero-order valence-corrected chi connectivity index (χ0v) is 9.90. The summed E-state index contributed by atoms with van der Waals surface area (Å²) in [5.74, 6) is 0.